The number of rotatable bonds is 6. The predicted octanol–water partition coefficient (Wildman–Crippen LogP) is 4.03. The topological polar surface area (TPSA) is 66.8 Å². The van der Waals surface area contributed by atoms with Crippen LogP contribution in [0.15, 0.2) is 12.1 Å². The number of aromatic hydroxyl groups is 1. The van der Waals surface area contributed by atoms with Crippen molar-refractivity contribution in [3.05, 3.63) is 29.1 Å². The number of phenolic OH excluding ortho intramolecular Hbond substituents is 1. The molecule has 1 aliphatic heterocycles. The molecule has 1 aliphatic carbocycles. The lowest BCUT2D eigenvalue weighted by atomic mass is 9.79. The molecule has 2 aliphatic rings. The Morgan fingerprint density at radius 2 is 2.04 bits per heavy atom. The second kappa shape index (κ2) is 8.28. The van der Waals surface area contributed by atoms with Crippen LogP contribution in [0, 0.1) is 17.7 Å². The first-order valence-electron chi connectivity index (χ1n) is 9.89. The zero-order valence-electron chi connectivity index (χ0n) is 16.0. The number of carbonyl (C=O) groups excluding carboxylic acids is 2. The monoisotopic (exact) mass is 377 g/mol. The Labute approximate surface area is 159 Å². The van der Waals surface area contributed by atoms with Gasteiger partial charge in [-0.05, 0) is 62.5 Å². The molecule has 0 radical (unpaired) electrons. The van der Waals surface area contributed by atoms with Gasteiger partial charge in [-0.15, -0.1) is 0 Å². The maximum absolute atomic E-state index is 14.1. The molecule has 1 N–H and O–H groups in total. The first-order chi connectivity index (χ1) is 12.9. The third-order valence-electron chi connectivity index (χ3n) is 5.88. The van der Waals surface area contributed by atoms with Gasteiger partial charge >= 0.3 is 5.97 Å². The predicted molar refractivity (Wildman–Crippen MR) is 98.7 cm³/mol. The van der Waals surface area contributed by atoms with Crippen molar-refractivity contribution in [1.29, 1.82) is 0 Å². The molecule has 0 spiro atoms. The highest BCUT2D eigenvalue weighted by Crippen LogP contribution is 2.35. The minimum Gasteiger partial charge on any atom is -0.505 e. The van der Waals surface area contributed by atoms with Crippen LogP contribution >= 0.6 is 0 Å². The van der Waals surface area contributed by atoms with Gasteiger partial charge in [0, 0.05) is 19.5 Å². The lowest BCUT2D eigenvalue weighted by molar-refractivity contribution is -0.151. The summed E-state index contributed by atoms with van der Waals surface area (Å²) in [6.45, 7) is 4.93. The van der Waals surface area contributed by atoms with Crippen molar-refractivity contribution in [1.82, 2.24) is 4.90 Å². The molecule has 5 nitrogen and oxygen atoms in total. The van der Waals surface area contributed by atoms with Gasteiger partial charge in [0.2, 0.25) is 0 Å². The number of phenols is 1. The van der Waals surface area contributed by atoms with E-state index in [0.717, 1.165) is 32.1 Å². The lowest BCUT2D eigenvalue weighted by Crippen LogP contribution is -2.34. The summed E-state index contributed by atoms with van der Waals surface area (Å²) >= 11 is 0. The van der Waals surface area contributed by atoms with E-state index in [1.54, 1.807) is 11.0 Å². The second-order valence-corrected chi connectivity index (χ2v) is 7.84. The SMILES string of the molecule is CCCC(=O)O[C@H](C)C1CCC(CN2Cc3ccc(O)c(F)c3C2=O)CC1. The molecule has 0 unspecified atom stereocenters. The number of halogens is 1. The number of nitrogens with zero attached hydrogens (tertiary/aromatic N) is 1. The van der Waals surface area contributed by atoms with E-state index in [0.29, 0.717) is 36.9 Å². The van der Waals surface area contributed by atoms with Gasteiger partial charge in [-0.3, -0.25) is 9.59 Å². The summed E-state index contributed by atoms with van der Waals surface area (Å²) in [4.78, 5) is 25.9. The number of fused-ring (bicyclic) bond motifs is 1. The van der Waals surface area contributed by atoms with Crippen LogP contribution in [0.25, 0.3) is 0 Å². The van der Waals surface area contributed by atoms with Crippen molar-refractivity contribution in [2.24, 2.45) is 11.8 Å². The maximum Gasteiger partial charge on any atom is 0.306 e. The number of amides is 1. The molecule has 0 bridgehead atoms. The van der Waals surface area contributed by atoms with Crippen molar-refractivity contribution in [2.45, 2.75) is 65.0 Å². The molecule has 1 aromatic carbocycles. The van der Waals surface area contributed by atoms with Gasteiger partial charge in [0.25, 0.3) is 5.91 Å². The normalized spacial score (nSPS) is 23.2. The highest BCUT2D eigenvalue weighted by molar-refractivity contribution is 5.99. The van der Waals surface area contributed by atoms with Gasteiger partial charge in [0.05, 0.1) is 5.56 Å². The van der Waals surface area contributed by atoms with Gasteiger partial charge in [0.15, 0.2) is 11.6 Å². The molecule has 1 heterocycles. The molecule has 1 fully saturated rings. The van der Waals surface area contributed by atoms with Crippen LogP contribution in [0.2, 0.25) is 0 Å². The molecule has 0 aromatic heterocycles. The van der Waals surface area contributed by atoms with Crippen LogP contribution in [0.1, 0.15) is 68.3 Å². The van der Waals surface area contributed by atoms with Crippen LogP contribution in [0.3, 0.4) is 0 Å². The largest absolute Gasteiger partial charge is 0.505 e. The minimum atomic E-state index is -0.813. The van der Waals surface area contributed by atoms with Crippen molar-refractivity contribution < 1.29 is 23.8 Å². The number of esters is 1. The Bertz CT molecular complexity index is 712. The molecule has 1 amide bonds. The van der Waals surface area contributed by atoms with Gasteiger partial charge in [0.1, 0.15) is 6.10 Å². The van der Waals surface area contributed by atoms with E-state index in [-0.39, 0.29) is 23.5 Å². The first-order valence-corrected chi connectivity index (χ1v) is 9.89. The minimum absolute atomic E-state index is 0.0140. The zero-order valence-corrected chi connectivity index (χ0v) is 16.0. The third kappa shape index (κ3) is 4.25. The molecule has 0 saturated heterocycles. The molecule has 1 aromatic rings. The van der Waals surface area contributed by atoms with Crippen molar-refractivity contribution in [3.63, 3.8) is 0 Å². The van der Waals surface area contributed by atoms with Gasteiger partial charge in [-0.2, -0.15) is 0 Å². The highest BCUT2D eigenvalue weighted by atomic mass is 19.1. The molecular weight excluding hydrogens is 349 g/mol. The van der Waals surface area contributed by atoms with Crippen LogP contribution in [-0.4, -0.2) is 34.5 Å². The highest BCUT2D eigenvalue weighted by Gasteiger charge is 2.34. The summed E-state index contributed by atoms with van der Waals surface area (Å²) in [6, 6.07) is 2.92. The number of carbonyl (C=O) groups is 2. The number of ether oxygens (including phenoxy) is 1. The number of hydrogen-bond donors (Lipinski definition) is 1. The van der Waals surface area contributed by atoms with E-state index in [1.165, 1.54) is 6.07 Å². The second-order valence-electron chi connectivity index (χ2n) is 7.84. The van der Waals surface area contributed by atoms with Gasteiger partial charge < -0.3 is 14.7 Å². The lowest BCUT2D eigenvalue weighted by Gasteiger charge is -2.33. The molecular formula is C21H28FNO4. The van der Waals surface area contributed by atoms with E-state index in [2.05, 4.69) is 0 Å². The summed E-state index contributed by atoms with van der Waals surface area (Å²) in [5, 5.41) is 9.50. The molecule has 1 atom stereocenters. The summed E-state index contributed by atoms with van der Waals surface area (Å²) < 4.78 is 19.6. The molecule has 148 valence electrons. The molecule has 27 heavy (non-hydrogen) atoms. The van der Waals surface area contributed by atoms with Gasteiger partial charge in [-0.25, -0.2) is 4.39 Å². The Kier molecular flexibility index (Phi) is 6.02. The third-order valence-corrected chi connectivity index (χ3v) is 5.88. The quantitative estimate of drug-likeness (QED) is 0.760. The van der Waals surface area contributed by atoms with E-state index >= 15 is 0 Å². The number of benzene rings is 1. The fourth-order valence-corrected chi connectivity index (χ4v) is 4.27. The van der Waals surface area contributed by atoms with E-state index < -0.39 is 11.6 Å². The number of hydrogen-bond acceptors (Lipinski definition) is 4. The Morgan fingerprint density at radius 1 is 1.33 bits per heavy atom. The van der Waals surface area contributed by atoms with Gasteiger partial charge in [-0.1, -0.05) is 13.0 Å². The molecule has 1 saturated carbocycles. The van der Waals surface area contributed by atoms with Crippen LogP contribution in [0.5, 0.6) is 5.75 Å². The Hall–Kier alpha value is -2.11. The zero-order chi connectivity index (χ0) is 19.6. The average molecular weight is 377 g/mol. The van der Waals surface area contributed by atoms with E-state index in [1.807, 2.05) is 13.8 Å². The Balaban J connectivity index is 1.51. The standard InChI is InChI=1S/C21H28FNO4/c1-3-4-18(25)27-13(2)15-7-5-14(6-8-15)11-23-12-16-9-10-17(24)20(22)19(16)21(23)26/h9-10,13-15,24H,3-8,11-12H2,1-2H3/t13-,14?,15?/m1/s1. The first kappa shape index (κ1) is 19.6. The average Bonchev–Trinajstić information content (AvgIpc) is 2.95. The fourth-order valence-electron chi connectivity index (χ4n) is 4.27. The van der Waals surface area contributed by atoms with E-state index in [9.17, 15) is 19.1 Å². The summed E-state index contributed by atoms with van der Waals surface area (Å²) in [5.74, 6) is -1.01. The Morgan fingerprint density at radius 3 is 2.70 bits per heavy atom. The summed E-state index contributed by atoms with van der Waals surface area (Å²) in [6.07, 6.45) is 5.05. The maximum atomic E-state index is 14.1. The van der Waals surface area contributed by atoms with Crippen molar-refractivity contribution in [3.8, 4) is 5.75 Å². The van der Waals surface area contributed by atoms with Crippen molar-refractivity contribution in [2.75, 3.05) is 6.54 Å². The van der Waals surface area contributed by atoms with Crippen LogP contribution in [0.4, 0.5) is 4.39 Å². The summed E-state index contributed by atoms with van der Waals surface area (Å²) in [5.41, 5.74) is 0.653. The van der Waals surface area contributed by atoms with Crippen LogP contribution in [-0.2, 0) is 16.1 Å². The molecule has 6 heteroatoms. The van der Waals surface area contributed by atoms with Crippen molar-refractivity contribution >= 4 is 11.9 Å². The smallest absolute Gasteiger partial charge is 0.306 e. The molecule has 3 rings (SSSR count). The summed E-state index contributed by atoms with van der Waals surface area (Å²) in [7, 11) is 0. The van der Waals surface area contributed by atoms with E-state index in [4.69, 9.17) is 4.74 Å². The fraction of sp³-hybridized carbons (Fsp3) is 0.619. The van der Waals surface area contributed by atoms with Crippen LogP contribution < -0.4 is 0 Å².